The average Bonchev–Trinajstić information content (AvgIpc) is 2.41. The van der Waals surface area contributed by atoms with Crippen LogP contribution in [0.1, 0.15) is 17.5 Å². The predicted molar refractivity (Wildman–Crippen MR) is 77.2 cm³/mol. The van der Waals surface area contributed by atoms with Gasteiger partial charge in [0.2, 0.25) is 0 Å². The van der Waals surface area contributed by atoms with Crippen LogP contribution in [0.25, 0.3) is 6.08 Å². The van der Waals surface area contributed by atoms with Crippen molar-refractivity contribution in [1.29, 1.82) is 0 Å². The molecule has 1 aromatic carbocycles. The van der Waals surface area contributed by atoms with Gasteiger partial charge in [0.1, 0.15) is 0 Å². The molecule has 1 heterocycles. The lowest BCUT2D eigenvalue weighted by molar-refractivity contribution is 0.256. The van der Waals surface area contributed by atoms with E-state index in [0.29, 0.717) is 0 Å². The Morgan fingerprint density at radius 2 is 1.78 bits per heavy atom. The van der Waals surface area contributed by atoms with Crippen molar-refractivity contribution in [2.45, 2.75) is 12.8 Å². The zero-order chi connectivity index (χ0) is 12.5. The van der Waals surface area contributed by atoms with Gasteiger partial charge < -0.3 is 4.74 Å². The summed E-state index contributed by atoms with van der Waals surface area (Å²) in [6.07, 6.45) is 18.2. The second-order valence-electron chi connectivity index (χ2n) is 4.11. The van der Waals surface area contributed by atoms with Gasteiger partial charge >= 0.3 is 0 Å². The molecular weight excluding hydrogens is 220 g/mol. The standard InChI is InChI=1S/C17H18O/c1-2-8-14-18-15-9-3-5-11-17-13-7-6-12-16(17)10-4-1/h1-7,9-10,12-13,15H,8,11,14H2/b2-1-,5-3?,10-4+,15-9?. The molecular formula is C17H18O. The Kier molecular flexibility index (Phi) is 5.07. The van der Waals surface area contributed by atoms with Crippen LogP contribution in [0.4, 0.5) is 0 Å². The summed E-state index contributed by atoms with van der Waals surface area (Å²) in [4.78, 5) is 0. The lowest BCUT2D eigenvalue weighted by Crippen LogP contribution is -1.86. The van der Waals surface area contributed by atoms with Crippen molar-refractivity contribution in [3.05, 3.63) is 78.1 Å². The molecule has 1 aliphatic rings. The number of fused-ring (bicyclic) bond motifs is 1. The topological polar surface area (TPSA) is 9.23 Å². The smallest absolute Gasteiger partial charge is 0.0907 e. The molecule has 0 radical (unpaired) electrons. The zero-order valence-corrected chi connectivity index (χ0v) is 10.5. The van der Waals surface area contributed by atoms with Gasteiger partial charge in [-0.3, -0.25) is 0 Å². The summed E-state index contributed by atoms with van der Waals surface area (Å²) in [5, 5.41) is 0. The third-order valence-electron chi connectivity index (χ3n) is 2.74. The van der Waals surface area contributed by atoms with Gasteiger partial charge in [0.15, 0.2) is 0 Å². The van der Waals surface area contributed by atoms with E-state index in [-0.39, 0.29) is 0 Å². The fourth-order valence-electron chi connectivity index (χ4n) is 1.80. The van der Waals surface area contributed by atoms with Crippen molar-refractivity contribution in [2.24, 2.45) is 0 Å². The van der Waals surface area contributed by atoms with E-state index in [9.17, 15) is 0 Å². The first kappa shape index (κ1) is 12.4. The van der Waals surface area contributed by atoms with E-state index < -0.39 is 0 Å². The van der Waals surface area contributed by atoms with Crippen LogP contribution in [-0.2, 0) is 11.2 Å². The molecule has 18 heavy (non-hydrogen) atoms. The largest absolute Gasteiger partial charge is 0.501 e. The van der Waals surface area contributed by atoms with Crippen molar-refractivity contribution in [3.8, 4) is 0 Å². The molecule has 0 saturated carbocycles. The van der Waals surface area contributed by atoms with Crippen molar-refractivity contribution in [2.75, 3.05) is 6.61 Å². The van der Waals surface area contributed by atoms with E-state index in [0.717, 1.165) is 19.4 Å². The van der Waals surface area contributed by atoms with Crippen molar-refractivity contribution >= 4 is 6.08 Å². The highest BCUT2D eigenvalue weighted by Gasteiger charge is 1.95. The Morgan fingerprint density at radius 3 is 2.78 bits per heavy atom. The molecule has 0 N–H and O–H groups in total. The normalized spacial score (nSPS) is 19.3. The van der Waals surface area contributed by atoms with E-state index in [4.69, 9.17) is 4.74 Å². The summed E-state index contributed by atoms with van der Waals surface area (Å²) in [5.74, 6) is 0. The fraction of sp³-hybridized carbons (Fsp3) is 0.176. The van der Waals surface area contributed by atoms with Gasteiger partial charge in [-0.15, -0.1) is 0 Å². The molecule has 0 saturated heterocycles. The number of hydrogen-bond acceptors (Lipinski definition) is 1. The Balaban J connectivity index is 2.19. The van der Waals surface area contributed by atoms with Crippen LogP contribution in [0.2, 0.25) is 0 Å². The number of ether oxygens (including phenoxy) is 1. The first-order chi connectivity index (χ1) is 8.97. The minimum Gasteiger partial charge on any atom is -0.501 e. The molecule has 1 nitrogen and oxygen atoms in total. The Hall–Kier alpha value is -2.02. The zero-order valence-electron chi connectivity index (χ0n) is 10.5. The van der Waals surface area contributed by atoms with Crippen molar-refractivity contribution < 1.29 is 4.74 Å². The van der Waals surface area contributed by atoms with Crippen LogP contribution in [0, 0.1) is 0 Å². The van der Waals surface area contributed by atoms with E-state index in [2.05, 4.69) is 54.6 Å². The molecule has 1 aromatic rings. The minimum atomic E-state index is 0.727. The predicted octanol–water partition coefficient (Wildman–Crippen LogP) is 4.29. The van der Waals surface area contributed by atoms with Crippen LogP contribution < -0.4 is 0 Å². The number of hydrogen-bond donors (Lipinski definition) is 0. The number of allylic oxidation sites excluding steroid dienone is 5. The highest BCUT2D eigenvalue weighted by molar-refractivity contribution is 5.55. The summed E-state index contributed by atoms with van der Waals surface area (Å²) in [5.41, 5.74) is 2.62. The second kappa shape index (κ2) is 7.33. The van der Waals surface area contributed by atoms with Crippen molar-refractivity contribution in [3.63, 3.8) is 0 Å². The highest BCUT2D eigenvalue weighted by atomic mass is 16.5. The maximum Gasteiger partial charge on any atom is 0.0907 e. The van der Waals surface area contributed by atoms with Crippen LogP contribution in [0.5, 0.6) is 0 Å². The molecule has 0 amide bonds. The van der Waals surface area contributed by atoms with Gasteiger partial charge in [-0.1, -0.05) is 60.7 Å². The number of benzene rings is 1. The van der Waals surface area contributed by atoms with Gasteiger partial charge in [0, 0.05) is 0 Å². The molecule has 0 bridgehead atoms. The summed E-state index contributed by atoms with van der Waals surface area (Å²) in [6, 6.07) is 8.48. The maximum absolute atomic E-state index is 5.34. The molecule has 92 valence electrons. The quantitative estimate of drug-likeness (QED) is 0.655. The molecule has 0 unspecified atom stereocenters. The van der Waals surface area contributed by atoms with Gasteiger partial charge in [0.25, 0.3) is 0 Å². The molecule has 1 aliphatic heterocycles. The number of rotatable bonds is 0. The van der Waals surface area contributed by atoms with E-state index in [1.165, 1.54) is 11.1 Å². The monoisotopic (exact) mass is 238 g/mol. The summed E-state index contributed by atoms with van der Waals surface area (Å²) in [6.45, 7) is 0.727. The van der Waals surface area contributed by atoms with E-state index in [1.807, 2.05) is 12.2 Å². The van der Waals surface area contributed by atoms with Crippen LogP contribution in [-0.4, -0.2) is 6.61 Å². The summed E-state index contributed by atoms with van der Waals surface area (Å²) in [7, 11) is 0. The van der Waals surface area contributed by atoms with Crippen LogP contribution >= 0.6 is 0 Å². The minimum absolute atomic E-state index is 0.727. The van der Waals surface area contributed by atoms with Gasteiger partial charge in [-0.25, -0.2) is 0 Å². The maximum atomic E-state index is 5.34. The summed E-state index contributed by atoms with van der Waals surface area (Å²) < 4.78 is 5.34. The summed E-state index contributed by atoms with van der Waals surface area (Å²) >= 11 is 0. The molecule has 0 fully saturated rings. The first-order valence-electron chi connectivity index (χ1n) is 6.31. The van der Waals surface area contributed by atoms with Crippen molar-refractivity contribution in [1.82, 2.24) is 0 Å². The Bertz CT molecular complexity index is 478. The first-order valence-corrected chi connectivity index (χ1v) is 6.31. The van der Waals surface area contributed by atoms with Crippen LogP contribution in [0.15, 0.2) is 67.0 Å². The van der Waals surface area contributed by atoms with Gasteiger partial charge in [0.05, 0.1) is 12.9 Å². The third kappa shape index (κ3) is 4.10. The second-order valence-corrected chi connectivity index (χ2v) is 4.11. The lowest BCUT2D eigenvalue weighted by atomic mass is 10.0. The average molecular weight is 238 g/mol. The Labute approximate surface area is 109 Å². The fourth-order valence-corrected chi connectivity index (χ4v) is 1.80. The van der Waals surface area contributed by atoms with Gasteiger partial charge in [-0.05, 0) is 30.0 Å². The van der Waals surface area contributed by atoms with E-state index >= 15 is 0 Å². The molecule has 2 rings (SSSR count). The third-order valence-corrected chi connectivity index (χ3v) is 2.74. The molecule has 0 spiro atoms. The highest BCUT2D eigenvalue weighted by Crippen LogP contribution is 2.12. The Morgan fingerprint density at radius 1 is 0.889 bits per heavy atom. The molecule has 1 heteroatoms. The van der Waals surface area contributed by atoms with E-state index in [1.54, 1.807) is 6.26 Å². The molecule has 0 aromatic heterocycles. The van der Waals surface area contributed by atoms with Gasteiger partial charge in [-0.2, -0.15) is 0 Å². The molecule has 0 aliphatic carbocycles. The van der Waals surface area contributed by atoms with Crippen LogP contribution in [0.3, 0.4) is 0 Å². The molecule has 0 atom stereocenters. The SMILES string of the molecule is C1=CCc2ccccc2/C=C/C=C\CCOC=C1. The lowest BCUT2D eigenvalue weighted by Gasteiger charge is -2.02.